The summed E-state index contributed by atoms with van der Waals surface area (Å²) in [5, 5.41) is 8.11. The van der Waals surface area contributed by atoms with Crippen LogP contribution in [0.25, 0.3) is 0 Å². The summed E-state index contributed by atoms with van der Waals surface area (Å²) < 4.78 is 4.06. The molecule has 4 nitrogen and oxygen atoms in total. The maximum Gasteiger partial charge on any atom is 0.339 e. The highest BCUT2D eigenvalue weighted by atomic mass is 32.1. The highest BCUT2D eigenvalue weighted by Gasteiger charge is 2.06. The second-order valence-electron chi connectivity index (χ2n) is 1.48. The minimum absolute atomic E-state index is 0.0782. The number of carbonyl (C=O) groups is 2. The Morgan fingerprint density at radius 3 is 2.40 bits per heavy atom. The van der Waals surface area contributed by atoms with E-state index in [2.05, 4.69) is 17.4 Å². The molecule has 5 heteroatoms. The molecule has 0 aliphatic carbocycles. The summed E-state index contributed by atoms with van der Waals surface area (Å²) in [7, 11) is 0. The van der Waals surface area contributed by atoms with Gasteiger partial charge in [-0.05, 0) is 0 Å². The maximum atomic E-state index is 10.4. The van der Waals surface area contributed by atoms with E-state index in [1.54, 1.807) is 0 Å². The predicted molar refractivity (Wildman–Crippen MR) is 36.7 cm³/mol. The zero-order chi connectivity index (χ0) is 7.98. The van der Waals surface area contributed by atoms with Crippen molar-refractivity contribution in [3.8, 4) is 0 Å². The Labute approximate surface area is 63.6 Å². The van der Waals surface area contributed by atoms with Crippen LogP contribution in [0.3, 0.4) is 0 Å². The molecule has 58 valence electrons. The second kappa shape index (κ2) is 5.25. The smallest absolute Gasteiger partial charge is 0.339 e. The molecular weight excluding hydrogens is 156 g/mol. The minimum atomic E-state index is -0.924. The Morgan fingerprint density at radius 1 is 1.40 bits per heavy atom. The largest absolute Gasteiger partial charge is 0.391 e. The molecule has 0 saturated carbocycles. The fourth-order valence-corrected chi connectivity index (χ4v) is 0.484. The van der Waals surface area contributed by atoms with Gasteiger partial charge in [0.25, 0.3) is 0 Å². The first-order valence-corrected chi connectivity index (χ1v) is 3.29. The van der Waals surface area contributed by atoms with Crippen LogP contribution in [0, 0.1) is 0 Å². The zero-order valence-corrected chi connectivity index (χ0v) is 6.13. The van der Waals surface area contributed by atoms with Crippen molar-refractivity contribution in [2.24, 2.45) is 0 Å². The van der Waals surface area contributed by atoms with Crippen molar-refractivity contribution < 1.29 is 19.4 Å². The fraction of sp³-hybridized carbons (Fsp3) is 0.600. The van der Waals surface area contributed by atoms with Gasteiger partial charge in [-0.25, -0.2) is 4.79 Å². The Balaban J connectivity index is 3.47. The lowest BCUT2D eigenvalue weighted by Gasteiger charge is -1.96. The summed E-state index contributed by atoms with van der Waals surface area (Å²) in [6, 6.07) is 0. The first-order valence-electron chi connectivity index (χ1n) is 2.66. The average molecular weight is 164 g/mol. The molecule has 0 amide bonds. The van der Waals surface area contributed by atoms with Gasteiger partial charge < -0.3 is 9.84 Å². The molecule has 0 radical (unpaired) electrons. The molecule has 1 N–H and O–H groups in total. The van der Waals surface area contributed by atoms with E-state index in [-0.39, 0.29) is 6.42 Å². The molecule has 0 bridgehead atoms. The van der Waals surface area contributed by atoms with Gasteiger partial charge in [-0.15, -0.1) is 0 Å². The minimum Gasteiger partial charge on any atom is -0.391 e. The molecule has 0 aromatic heterocycles. The van der Waals surface area contributed by atoms with E-state index in [0.717, 1.165) is 0 Å². The molecule has 0 aliphatic heterocycles. The number of ether oxygens (including phenoxy) is 1. The molecule has 0 saturated heterocycles. The summed E-state index contributed by atoms with van der Waals surface area (Å²) >= 11 is 3.74. The predicted octanol–water partition coefficient (Wildman–Crippen LogP) is -0.632. The molecule has 0 aromatic carbocycles. The normalized spacial score (nSPS) is 9.00. The Bertz CT molecular complexity index is 134. The van der Waals surface area contributed by atoms with Crippen molar-refractivity contribution in [2.75, 3.05) is 12.4 Å². The van der Waals surface area contributed by atoms with Crippen molar-refractivity contribution >= 4 is 24.6 Å². The number of aliphatic hydroxyl groups is 1. The van der Waals surface area contributed by atoms with Crippen LogP contribution in [0.4, 0.5) is 0 Å². The molecule has 0 rings (SSSR count). The van der Waals surface area contributed by atoms with Crippen molar-refractivity contribution in [3.63, 3.8) is 0 Å². The van der Waals surface area contributed by atoms with Gasteiger partial charge in [-0.1, -0.05) is 0 Å². The molecule has 0 aromatic rings. The van der Waals surface area contributed by atoms with Gasteiger partial charge in [0.15, 0.2) is 0 Å². The topological polar surface area (TPSA) is 63.6 Å². The van der Waals surface area contributed by atoms with Gasteiger partial charge in [-0.3, -0.25) is 4.79 Å². The molecule has 10 heavy (non-hydrogen) atoms. The van der Waals surface area contributed by atoms with Crippen LogP contribution in [0.15, 0.2) is 0 Å². The van der Waals surface area contributed by atoms with E-state index < -0.39 is 18.5 Å². The third-order valence-electron chi connectivity index (χ3n) is 0.673. The third kappa shape index (κ3) is 4.34. The van der Waals surface area contributed by atoms with Crippen LogP contribution in [0.5, 0.6) is 0 Å². The third-order valence-corrected chi connectivity index (χ3v) is 0.896. The first kappa shape index (κ1) is 9.45. The van der Waals surface area contributed by atoms with Crippen molar-refractivity contribution in [1.82, 2.24) is 0 Å². The summed E-state index contributed by atoms with van der Waals surface area (Å²) in [5.41, 5.74) is 0. The Morgan fingerprint density at radius 2 is 2.00 bits per heavy atom. The average Bonchev–Trinajstić information content (AvgIpc) is 1.88. The highest BCUT2D eigenvalue weighted by Crippen LogP contribution is 1.88. The van der Waals surface area contributed by atoms with Gasteiger partial charge in [0.2, 0.25) is 0 Å². The van der Waals surface area contributed by atoms with E-state index in [1.807, 2.05) is 0 Å². The number of carbonyl (C=O) groups excluding carboxylic acids is 2. The number of hydrogen-bond acceptors (Lipinski definition) is 5. The Hall–Kier alpha value is -0.550. The highest BCUT2D eigenvalue weighted by molar-refractivity contribution is 7.80. The van der Waals surface area contributed by atoms with Gasteiger partial charge in [0.05, 0.1) is 6.42 Å². The van der Waals surface area contributed by atoms with Crippen LogP contribution in [0.2, 0.25) is 0 Å². The molecule has 0 fully saturated rings. The van der Waals surface area contributed by atoms with Crippen molar-refractivity contribution in [1.29, 1.82) is 0 Å². The van der Waals surface area contributed by atoms with Gasteiger partial charge in [0.1, 0.15) is 6.61 Å². The number of esters is 2. The zero-order valence-electron chi connectivity index (χ0n) is 5.24. The van der Waals surface area contributed by atoms with Crippen LogP contribution >= 0.6 is 12.6 Å². The van der Waals surface area contributed by atoms with Crippen LogP contribution < -0.4 is 0 Å². The lowest BCUT2D eigenvalue weighted by Crippen LogP contribution is -2.15. The summed E-state index contributed by atoms with van der Waals surface area (Å²) in [4.78, 5) is 20.6. The first-order chi connectivity index (χ1) is 4.70. The molecule has 0 spiro atoms. The number of thiol groups is 1. The number of aliphatic hydroxyl groups excluding tert-OH is 1. The van der Waals surface area contributed by atoms with Crippen molar-refractivity contribution in [3.05, 3.63) is 0 Å². The summed E-state index contributed by atoms with van der Waals surface area (Å²) in [6.45, 7) is -0.766. The van der Waals surface area contributed by atoms with Crippen LogP contribution in [0.1, 0.15) is 6.42 Å². The van der Waals surface area contributed by atoms with Crippen molar-refractivity contribution in [2.45, 2.75) is 6.42 Å². The van der Waals surface area contributed by atoms with Gasteiger partial charge in [0, 0.05) is 5.75 Å². The molecule has 0 atom stereocenters. The SMILES string of the molecule is O=C(CO)OC(=O)CCS. The van der Waals surface area contributed by atoms with Gasteiger partial charge >= 0.3 is 11.9 Å². The van der Waals surface area contributed by atoms with Crippen LogP contribution in [-0.2, 0) is 14.3 Å². The summed E-state index contributed by atoms with van der Waals surface area (Å²) in [6.07, 6.45) is 0.0782. The van der Waals surface area contributed by atoms with Crippen LogP contribution in [-0.4, -0.2) is 29.4 Å². The second-order valence-corrected chi connectivity index (χ2v) is 1.93. The fourth-order valence-electron chi connectivity index (χ4n) is 0.302. The summed E-state index contributed by atoms with van der Waals surface area (Å²) in [5.74, 6) is -1.25. The van der Waals surface area contributed by atoms with E-state index >= 15 is 0 Å². The lowest BCUT2D eigenvalue weighted by atomic mass is 10.5. The molecular formula is C5H8O4S. The van der Waals surface area contributed by atoms with E-state index in [0.29, 0.717) is 5.75 Å². The molecule has 0 heterocycles. The quantitative estimate of drug-likeness (QED) is 0.331. The maximum absolute atomic E-state index is 10.4. The molecule has 0 aliphatic rings. The standard InChI is InChI=1S/C5H8O4S/c6-3-5(8)9-4(7)1-2-10/h6,10H,1-3H2. The monoisotopic (exact) mass is 164 g/mol. The number of rotatable bonds is 3. The van der Waals surface area contributed by atoms with E-state index in [4.69, 9.17) is 5.11 Å². The van der Waals surface area contributed by atoms with E-state index in [9.17, 15) is 9.59 Å². The lowest BCUT2D eigenvalue weighted by molar-refractivity contribution is -0.161. The number of hydrogen-bond donors (Lipinski definition) is 2. The Kier molecular flexibility index (Phi) is 4.96. The molecule has 0 unspecified atom stereocenters. The van der Waals surface area contributed by atoms with E-state index in [1.165, 1.54) is 0 Å². The van der Waals surface area contributed by atoms with Gasteiger partial charge in [-0.2, -0.15) is 12.6 Å².